The van der Waals surface area contributed by atoms with E-state index in [1.54, 1.807) is 20.8 Å². The molecular formula is C13H15ClF3NO. The molecule has 1 rings (SSSR count). The minimum Gasteiger partial charge on any atom is -0.325 e. The summed E-state index contributed by atoms with van der Waals surface area (Å²) < 4.78 is 37.8. The molecule has 0 aliphatic rings. The van der Waals surface area contributed by atoms with Crippen molar-refractivity contribution in [2.24, 2.45) is 5.41 Å². The quantitative estimate of drug-likeness (QED) is 0.831. The monoisotopic (exact) mass is 293 g/mol. The van der Waals surface area contributed by atoms with E-state index >= 15 is 0 Å². The maximum atomic E-state index is 12.6. The first-order chi connectivity index (χ1) is 8.58. The van der Waals surface area contributed by atoms with E-state index < -0.39 is 23.1 Å². The Morgan fingerprint density at radius 1 is 1.32 bits per heavy atom. The lowest BCUT2D eigenvalue weighted by molar-refractivity contribution is -0.137. The van der Waals surface area contributed by atoms with Gasteiger partial charge in [-0.1, -0.05) is 6.07 Å². The minimum absolute atomic E-state index is 0.0802. The molecule has 0 fully saturated rings. The highest BCUT2D eigenvalue weighted by molar-refractivity contribution is 6.20. The second-order valence-electron chi connectivity index (χ2n) is 5.00. The number of carbonyl (C=O) groups is 1. The van der Waals surface area contributed by atoms with Crippen LogP contribution in [0.3, 0.4) is 0 Å². The number of carbonyl (C=O) groups excluding carboxylic acids is 1. The number of nitrogens with one attached hydrogen (secondary N) is 1. The van der Waals surface area contributed by atoms with Crippen molar-refractivity contribution in [1.29, 1.82) is 0 Å². The fourth-order valence-electron chi connectivity index (χ4n) is 1.29. The van der Waals surface area contributed by atoms with Gasteiger partial charge in [0, 0.05) is 11.6 Å². The molecule has 0 bridgehead atoms. The van der Waals surface area contributed by atoms with Gasteiger partial charge in [0.1, 0.15) is 0 Å². The van der Waals surface area contributed by atoms with E-state index in [-0.39, 0.29) is 11.6 Å². The van der Waals surface area contributed by atoms with Gasteiger partial charge >= 0.3 is 6.18 Å². The first-order valence-electron chi connectivity index (χ1n) is 5.63. The average Bonchev–Trinajstić information content (AvgIpc) is 2.30. The van der Waals surface area contributed by atoms with Gasteiger partial charge in [-0.2, -0.15) is 13.2 Å². The van der Waals surface area contributed by atoms with Crippen LogP contribution < -0.4 is 5.32 Å². The summed E-state index contributed by atoms with van der Waals surface area (Å²) in [6.45, 7) is 4.88. The molecule has 1 amide bonds. The summed E-state index contributed by atoms with van der Waals surface area (Å²) in [6.07, 6.45) is -4.44. The van der Waals surface area contributed by atoms with E-state index in [0.29, 0.717) is 5.56 Å². The summed E-state index contributed by atoms with van der Waals surface area (Å²) in [7, 11) is 0. The van der Waals surface area contributed by atoms with Gasteiger partial charge in [-0.3, -0.25) is 4.79 Å². The molecular weight excluding hydrogens is 279 g/mol. The molecule has 1 aromatic rings. The third-order valence-corrected chi connectivity index (χ3v) is 3.43. The zero-order valence-electron chi connectivity index (χ0n) is 10.9. The highest BCUT2D eigenvalue weighted by Crippen LogP contribution is 2.32. The van der Waals surface area contributed by atoms with E-state index in [9.17, 15) is 18.0 Å². The lowest BCUT2D eigenvalue weighted by Gasteiger charge is -2.21. The molecule has 1 N–H and O–H groups in total. The van der Waals surface area contributed by atoms with Gasteiger partial charge in [-0.25, -0.2) is 0 Å². The summed E-state index contributed by atoms with van der Waals surface area (Å²) in [5, 5.41) is 2.49. The smallest absolute Gasteiger partial charge is 0.325 e. The zero-order valence-corrected chi connectivity index (χ0v) is 11.6. The van der Waals surface area contributed by atoms with Gasteiger partial charge in [0.25, 0.3) is 0 Å². The van der Waals surface area contributed by atoms with Crippen molar-refractivity contribution in [2.45, 2.75) is 26.9 Å². The van der Waals surface area contributed by atoms with Crippen molar-refractivity contribution < 1.29 is 18.0 Å². The number of aryl methyl sites for hydroxylation is 1. The molecule has 0 aromatic heterocycles. The largest absolute Gasteiger partial charge is 0.416 e. The SMILES string of the molecule is Cc1ccc(C(F)(F)F)cc1NC(=O)C(C)(C)CCl. The molecule has 106 valence electrons. The van der Waals surface area contributed by atoms with Gasteiger partial charge in [0.2, 0.25) is 5.91 Å². The van der Waals surface area contributed by atoms with Crippen molar-refractivity contribution in [3.8, 4) is 0 Å². The summed E-state index contributed by atoms with van der Waals surface area (Å²) in [5.74, 6) is -0.332. The Balaban J connectivity index is 3.05. The molecule has 1 aromatic carbocycles. The lowest BCUT2D eigenvalue weighted by Crippen LogP contribution is -2.32. The van der Waals surface area contributed by atoms with Crippen LogP contribution in [0, 0.1) is 12.3 Å². The van der Waals surface area contributed by atoms with Crippen LogP contribution in [-0.2, 0) is 11.0 Å². The Morgan fingerprint density at radius 2 is 1.89 bits per heavy atom. The molecule has 0 atom stereocenters. The Kier molecular flexibility index (Phi) is 4.50. The first kappa shape index (κ1) is 15.8. The maximum Gasteiger partial charge on any atom is 0.416 e. The fraction of sp³-hybridized carbons (Fsp3) is 0.462. The minimum atomic E-state index is -4.44. The number of benzene rings is 1. The molecule has 0 saturated heterocycles. The highest BCUT2D eigenvalue weighted by Gasteiger charge is 2.32. The van der Waals surface area contributed by atoms with Gasteiger partial charge in [0.05, 0.1) is 11.0 Å². The Labute approximate surface area is 114 Å². The normalized spacial score (nSPS) is 12.4. The van der Waals surface area contributed by atoms with Crippen molar-refractivity contribution in [2.75, 3.05) is 11.2 Å². The van der Waals surface area contributed by atoms with E-state index in [1.165, 1.54) is 6.07 Å². The number of anilines is 1. The molecule has 6 heteroatoms. The lowest BCUT2D eigenvalue weighted by atomic mass is 9.95. The Bertz CT molecular complexity index is 483. The van der Waals surface area contributed by atoms with Crippen molar-refractivity contribution in [3.05, 3.63) is 29.3 Å². The molecule has 0 saturated carbocycles. The zero-order chi connectivity index (χ0) is 14.8. The van der Waals surface area contributed by atoms with E-state index in [4.69, 9.17) is 11.6 Å². The number of rotatable bonds is 3. The van der Waals surface area contributed by atoms with Crippen LogP contribution in [0.1, 0.15) is 25.0 Å². The van der Waals surface area contributed by atoms with Gasteiger partial charge < -0.3 is 5.32 Å². The molecule has 0 unspecified atom stereocenters. The van der Waals surface area contributed by atoms with Crippen LogP contribution in [0.2, 0.25) is 0 Å². The Morgan fingerprint density at radius 3 is 2.37 bits per heavy atom. The third-order valence-electron chi connectivity index (χ3n) is 2.76. The molecule has 0 spiro atoms. The van der Waals surface area contributed by atoms with Crippen LogP contribution in [0.4, 0.5) is 18.9 Å². The van der Waals surface area contributed by atoms with Crippen molar-refractivity contribution in [3.63, 3.8) is 0 Å². The topological polar surface area (TPSA) is 29.1 Å². The number of hydrogen-bond acceptors (Lipinski definition) is 1. The molecule has 0 heterocycles. The van der Waals surface area contributed by atoms with E-state index in [0.717, 1.165) is 12.1 Å². The predicted octanol–water partition coefficient (Wildman–Crippen LogP) is 4.22. The fourth-order valence-corrected chi connectivity index (χ4v) is 1.41. The molecule has 2 nitrogen and oxygen atoms in total. The van der Waals surface area contributed by atoms with Crippen LogP contribution >= 0.6 is 11.6 Å². The maximum absolute atomic E-state index is 12.6. The van der Waals surface area contributed by atoms with Gasteiger partial charge in [-0.05, 0) is 38.5 Å². The van der Waals surface area contributed by atoms with Crippen molar-refractivity contribution in [1.82, 2.24) is 0 Å². The summed E-state index contributed by atoms with van der Waals surface area (Å²) in [4.78, 5) is 11.9. The number of alkyl halides is 4. The van der Waals surface area contributed by atoms with Crippen molar-refractivity contribution >= 4 is 23.2 Å². The summed E-state index contributed by atoms with van der Waals surface area (Å²) >= 11 is 5.66. The summed E-state index contributed by atoms with van der Waals surface area (Å²) in [5.41, 5.74) is -0.927. The standard InChI is InChI=1S/C13H15ClF3NO/c1-8-4-5-9(13(15,16)17)6-10(8)18-11(19)12(2,3)7-14/h4-6H,7H2,1-3H3,(H,18,19). The molecule has 0 aliphatic carbocycles. The Hall–Kier alpha value is -1.23. The van der Waals surface area contributed by atoms with Gasteiger partial charge in [-0.15, -0.1) is 11.6 Å². The summed E-state index contributed by atoms with van der Waals surface area (Å²) in [6, 6.07) is 3.24. The number of hydrogen-bond donors (Lipinski definition) is 1. The molecule has 19 heavy (non-hydrogen) atoms. The third kappa shape index (κ3) is 3.86. The van der Waals surface area contributed by atoms with E-state index in [2.05, 4.69) is 5.32 Å². The number of amides is 1. The van der Waals surface area contributed by atoms with Crippen LogP contribution in [-0.4, -0.2) is 11.8 Å². The molecule has 0 aliphatic heterocycles. The highest BCUT2D eigenvalue weighted by atomic mass is 35.5. The second-order valence-corrected chi connectivity index (χ2v) is 5.27. The van der Waals surface area contributed by atoms with E-state index in [1.807, 2.05) is 0 Å². The van der Waals surface area contributed by atoms with Crippen LogP contribution in [0.5, 0.6) is 0 Å². The predicted molar refractivity (Wildman–Crippen MR) is 69.3 cm³/mol. The van der Waals surface area contributed by atoms with Gasteiger partial charge in [0.15, 0.2) is 0 Å². The average molecular weight is 294 g/mol. The second kappa shape index (κ2) is 5.41. The van der Waals surface area contributed by atoms with Crippen LogP contribution in [0.15, 0.2) is 18.2 Å². The number of halogens is 4. The van der Waals surface area contributed by atoms with Crippen LogP contribution in [0.25, 0.3) is 0 Å². The first-order valence-corrected chi connectivity index (χ1v) is 6.16. The molecule has 0 radical (unpaired) electrons.